The molecular formula is C25H32N4O4. The number of fused-ring (bicyclic) bond motifs is 1. The Morgan fingerprint density at radius 2 is 2.03 bits per heavy atom. The van der Waals surface area contributed by atoms with E-state index >= 15 is 0 Å². The molecule has 33 heavy (non-hydrogen) atoms. The zero-order chi connectivity index (χ0) is 23.5. The van der Waals surface area contributed by atoms with Crippen LogP contribution in [-0.4, -0.2) is 53.6 Å². The van der Waals surface area contributed by atoms with Gasteiger partial charge in [-0.2, -0.15) is 0 Å². The number of hydrogen-bond donors (Lipinski definition) is 2. The fourth-order valence-corrected chi connectivity index (χ4v) is 4.67. The Morgan fingerprint density at radius 3 is 2.70 bits per heavy atom. The molecule has 8 heteroatoms. The van der Waals surface area contributed by atoms with Crippen LogP contribution < -0.4 is 10.1 Å². The van der Waals surface area contributed by atoms with Gasteiger partial charge in [-0.25, -0.2) is 0 Å². The van der Waals surface area contributed by atoms with E-state index in [0.29, 0.717) is 31.7 Å². The molecule has 0 radical (unpaired) electrons. The zero-order valence-corrected chi connectivity index (χ0v) is 19.7. The van der Waals surface area contributed by atoms with E-state index in [1.165, 1.54) is 0 Å². The van der Waals surface area contributed by atoms with Crippen molar-refractivity contribution in [2.75, 3.05) is 26.7 Å². The molecule has 0 saturated carbocycles. The first-order valence-corrected chi connectivity index (χ1v) is 11.5. The molecule has 2 aromatic heterocycles. The van der Waals surface area contributed by atoms with Gasteiger partial charge in [0.1, 0.15) is 17.2 Å². The van der Waals surface area contributed by atoms with Crippen LogP contribution in [-0.2, 0) is 11.2 Å². The summed E-state index contributed by atoms with van der Waals surface area (Å²) in [5, 5.41) is 7.99. The number of methoxy groups -OCH3 is 1. The molecule has 1 fully saturated rings. The number of hydrogen-bond acceptors (Lipinski definition) is 5. The number of amides is 2. The number of benzene rings is 1. The van der Waals surface area contributed by atoms with E-state index in [0.717, 1.165) is 46.5 Å². The summed E-state index contributed by atoms with van der Waals surface area (Å²) in [7, 11) is 1.63. The maximum atomic E-state index is 13.0. The summed E-state index contributed by atoms with van der Waals surface area (Å²) in [6, 6.07) is 7.61. The lowest BCUT2D eigenvalue weighted by Crippen LogP contribution is -2.43. The van der Waals surface area contributed by atoms with Crippen LogP contribution in [0.25, 0.3) is 10.9 Å². The van der Waals surface area contributed by atoms with E-state index < -0.39 is 0 Å². The lowest BCUT2D eigenvalue weighted by Gasteiger charge is -2.34. The van der Waals surface area contributed by atoms with Gasteiger partial charge in [0, 0.05) is 48.1 Å². The Bertz CT molecular complexity index is 1120. The first kappa shape index (κ1) is 22.9. The molecule has 0 aliphatic carbocycles. The number of nitrogens with one attached hydrogen (secondary N) is 2. The lowest BCUT2D eigenvalue weighted by atomic mass is 9.84. The van der Waals surface area contributed by atoms with Crippen molar-refractivity contribution < 1.29 is 18.8 Å². The minimum Gasteiger partial charge on any atom is -0.497 e. The van der Waals surface area contributed by atoms with E-state index in [-0.39, 0.29) is 23.7 Å². The molecule has 8 nitrogen and oxygen atoms in total. The highest BCUT2D eigenvalue weighted by Gasteiger charge is 2.30. The molecule has 0 unspecified atom stereocenters. The summed E-state index contributed by atoms with van der Waals surface area (Å²) >= 11 is 0. The van der Waals surface area contributed by atoms with Crippen LogP contribution in [0.5, 0.6) is 5.75 Å². The molecular weight excluding hydrogens is 420 g/mol. The fraction of sp³-hybridized carbons (Fsp3) is 0.480. The summed E-state index contributed by atoms with van der Waals surface area (Å²) in [5.41, 5.74) is 3.41. The third-order valence-electron chi connectivity index (χ3n) is 6.86. The van der Waals surface area contributed by atoms with Gasteiger partial charge in [0.25, 0.3) is 5.91 Å². The molecule has 2 amide bonds. The van der Waals surface area contributed by atoms with Gasteiger partial charge in [-0.05, 0) is 57.2 Å². The van der Waals surface area contributed by atoms with Gasteiger partial charge in [-0.1, -0.05) is 12.1 Å². The molecule has 0 bridgehead atoms. The lowest BCUT2D eigenvalue weighted by molar-refractivity contribution is -0.126. The molecule has 1 aliphatic rings. The van der Waals surface area contributed by atoms with Crippen LogP contribution in [0, 0.1) is 25.7 Å². The van der Waals surface area contributed by atoms with Crippen molar-refractivity contribution in [3.8, 4) is 5.75 Å². The topological polar surface area (TPSA) is 100 Å². The summed E-state index contributed by atoms with van der Waals surface area (Å²) in [4.78, 5) is 30.8. The zero-order valence-electron chi connectivity index (χ0n) is 19.7. The average Bonchev–Trinajstić information content (AvgIpc) is 3.40. The Kier molecular flexibility index (Phi) is 6.72. The maximum Gasteiger partial charge on any atom is 0.270 e. The highest BCUT2D eigenvalue weighted by molar-refractivity contribution is 5.98. The molecule has 1 atom stereocenters. The molecule has 3 heterocycles. The number of piperidine rings is 1. The highest BCUT2D eigenvalue weighted by Crippen LogP contribution is 2.27. The third-order valence-corrected chi connectivity index (χ3v) is 6.86. The van der Waals surface area contributed by atoms with Gasteiger partial charge < -0.3 is 24.5 Å². The number of aromatic amines is 1. The van der Waals surface area contributed by atoms with Crippen molar-refractivity contribution in [2.24, 2.45) is 11.8 Å². The van der Waals surface area contributed by atoms with Gasteiger partial charge in [0.15, 0.2) is 0 Å². The van der Waals surface area contributed by atoms with E-state index in [1.54, 1.807) is 7.11 Å². The van der Waals surface area contributed by atoms with Crippen molar-refractivity contribution in [1.29, 1.82) is 0 Å². The van der Waals surface area contributed by atoms with Crippen molar-refractivity contribution in [3.63, 3.8) is 0 Å². The Morgan fingerprint density at radius 1 is 1.27 bits per heavy atom. The maximum absolute atomic E-state index is 13.0. The van der Waals surface area contributed by atoms with Crippen molar-refractivity contribution in [3.05, 3.63) is 47.0 Å². The quantitative estimate of drug-likeness (QED) is 0.570. The molecule has 3 aromatic rings. The van der Waals surface area contributed by atoms with Crippen LogP contribution in [0.15, 0.2) is 28.8 Å². The monoisotopic (exact) mass is 452 g/mol. The van der Waals surface area contributed by atoms with Gasteiger partial charge in [0.2, 0.25) is 5.91 Å². The van der Waals surface area contributed by atoms with E-state index in [9.17, 15) is 9.59 Å². The second-order valence-corrected chi connectivity index (χ2v) is 8.90. The van der Waals surface area contributed by atoms with Gasteiger partial charge >= 0.3 is 0 Å². The largest absolute Gasteiger partial charge is 0.497 e. The van der Waals surface area contributed by atoms with Crippen LogP contribution >= 0.6 is 0 Å². The molecule has 1 aliphatic heterocycles. The standard InChI is InChI=1S/C25H32N4O4/c1-15(24(30)26-10-7-21-16(2)28-33-17(21)3)18-8-11-29(12-9-18)25(31)23-13-19-5-6-20(32-4)14-22(19)27-23/h5-6,13-15,18,27H,7-12H2,1-4H3,(H,26,30)/t15-/m0/s1. The number of nitrogens with zero attached hydrogens (tertiary/aromatic N) is 2. The van der Waals surface area contributed by atoms with Crippen LogP contribution in [0.1, 0.15) is 47.3 Å². The van der Waals surface area contributed by atoms with Crippen molar-refractivity contribution >= 4 is 22.7 Å². The molecule has 2 N–H and O–H groups in total. The Balaban J connectivity index is 1.28. The smallest absolute Gasteiger partial charge is 0.270 e. The first-order chi connectivity index (χ1) is 15.9. The fourth-order valence-electron chi connectivity index (χ4n) is 4.67. The number of H-pyrrole nitrogens is 1. The van der Waals surface area contributed by atoms with Crippen molar-refractivity contribution in [2.45, 2.75) is 40.0 Å². The number of likely N-dealkylation sites (tertiary alicyclic amines) is 1. The first-order valence-electron chi connectivity index (χ1n) is 11.5. The second kappa shape index (κ2) is 9.68. The van der Waals surface area contributed by atoms with Gasteiger partial charge in [0.05, 0.1) is 12.8 Å². The van der Waals surface area contributed by atoms with Gasteiger partial charge in [-0.3, -0.25) is 9.59 Å². The third kappa shape index (κ3) is 4.89. The van der Waals surface area contributed by atoms with E-state index in [2.05, 4.69) is 15.5 Å². The summed E-state index contributed by atoms with van der Waals surface area (Å²) in [5.74, 6) is 1.80. The predicted octanol–water partition coefficient (Wildman–Crippen LogP) is 3.63. The molecule has 4 rings (SSSR count). The molecule has 1 saturated heterocycles. The average molecular weight is 453 g/mol. The number of carbonyl (C=O) groups is 2. The van der Waals surface area contributed by atoms with Crippen LogP contribution in [0.3, 0.4) is 0 Å². The number of rotatable bonds is 7. The normalized spacial score (nSPS) is 15.6. The predicted molar refractivity (Wildman–Crippen MR) is 125 cm³/mol. The minimum atomic E-state index is -0.0903. The van der Waals surface area contributed by atoms with Crippen LogP contribution in [0.4, 0.5) is 0 Å². The minimum absolute atomic E-state index is 0.000169. The molecule has 176 valence electrons. The highest BCUT2D eigenvalue weighted by atomic mass is 16.5. The van der Waals surface area contributed by atoms with Gasteiger partial charge in [-0.15, -0.1) is 0 Å². The summed E-state index contributed by atoms with van der Waals surface area (Å²) in [6.45, 7) is 7.66. The van der Waals surface area contributed by atoms with E-state index in [4.69, 9.17) is 9.26 Å². The van der Waals surface area contributed by atoms with E-state index in [1.807, 2.05) is 49.9 Å². The summed E-state index contributed by atoms with van der Waals surface area (Å²) in [6.07, 6.45) is 2.35. The molecule has 0 spiro atoms. The number of aryl methyl sites for hydroxylation is 2. The number of aromatic nitrogens is 2. The van der Waals surface area contributed by atoms with Crippen LogP contribution in [0.2, 0.25) is 0 Å². The Labute approximate surface area is 193 Å². The van der Waals surface area contributed by atoms with Crippen molar-refractivity contribution in [1.82, 2.24) is 20.4 Å². The number of ether oxygens (including phenoxy) is 1. The Hall–Kier alpha value is -3.29. The summed E-state index contributed by atoms with van der Waals surface area (Å²) < 4.78 is 10.4. The molecule has 1 aromatic carbocycles. The number of carbonyl (C=O) groups excluding carboxylic acids is 2. The second-order valence-electron chi connectivity index (χ2n) is 8.90. The SMILES string of the molecule is COc1ccc2cc(C(=O)N3CCC([C@H](C)C(=O)NCCc4c(C)noc4C)CC3)[nH]c2c1.